The van der Waals surface area contributed by atoms with E-state index in [2.05, 4.69) is 30.9 Å². The summed E-state index contributed by atoms with van der Waals surface area (Å²) in [6, 6.07) is 3.79. The van der Waals surface area contributed by atoms with Gasteiger partial charge in [-0.15, -0.1) is 0 Å². The lowest BCUT2D eigenvalue weighted by atomic mass is 10.4. The Labute approximate surface area is 111 Å². The standard InChI is InChI=1S/C10H8BrN5S/c11-6-1-2-8(15-3-6)17-9-5-14-7(4-16-9)10(12)13/h1-5H,(H3,12,13). The maximum atomic E-state index is 7.20. The van der Waals surface area contributed by atoms with E-state index < -0.39 is 0 Å². The number of halogens is 1. The van der Waals surface area contributed by atoms with Crippen molar-refractivity contribution >= 4 is 33.5 Å². The van der Waals surface area contributed by atoms with Gasteiger partial charge in [0.25, 0.3) is 0 Å². The molecule has 0 saturated heterocycles. The van der Waals surface area contributed by atoms with E-state index in [1.165, 1.54) is 18.0 Å². The van der Waals surface area contributed by atoms with E-state index in [0.29, 0.717) is 10.7 Å². The third-order valence-corrected chi connectivity index (χ3v) is 3.15. The van der Waals surface area contributed by atoms with E-state index in [1.54, 1.807) is 12.4 Å². The van der Waals surface area contributed by atoms with E-state index in [1.807, 2.05) is 12.1 Å². The Morgan fingerprint density at radius 1 is 1.12 bits per heavy atom. The van der Waals surface area contributed by atoms with Crippen LogP contribution in [0, 0.1) is 5.41 Å². The number of pyridine rings is 1. The van der Waals surface area contributed by atoms with E-state index >= 15 is 0 Å². The van der Waals surface area contributed by atoms with E-state index in [-0.39, 0.29) is 5.84 Å². The molecule has 0 aromatic carbocycles. The molecule has 0 radical (unpaired) electrons. The van der Waals surface area contributed by atoms with Crippen LogP contribution in [0.4, 0.5) is 0 Å². The van der Waals surface area contributed by atoms with E-state index in [4.69, 9.17) is 11.1 Å². The predicted molar refractivity (Wildman–Crippen MR) is 69.1 cm³/mol. The number of amidine groups is 1. The van der Waals surface area contributed by atoms with Crippen LogP contribution < -0.4 is 5.73 Å². The maximum Gasteiger partial charge on any atom is 0.143 e. The highest BCUT2D eigenvalue weighted by molar-refractivity contribution is 9.10. The molecular formula is C10H8BrN5S. The molecule has 0 saturated carbocycles. The van der Waals surface area contributed by atoms with Gasteiger partial charge in [0.15, 0.2) is 0 Å². The number of aromatic nitrogens is 3. The summed E-state index contributed by atoms with van der Waals surface area (Å²) in [7, 11) is 0. The first kappa shape index (κ1) is 12.0. The van der Waals surface area contributed by atoms with Crippen LogP contribution in [0.15, 0.2) is 45.2 Å². The molecule has 0 atom stereocenters. The molecule has 0 aliphatic heterocycles. The fraction of sp³-hybridized carbons (Fsp3) is 0. The molecule has 2 aromatic rings. The van der Waals surface area contributed by atoms with Crippen LogP contribution in [0.3, 0.4) is 0 Å². The summed E-state index contributed by atoms with van der Waals surface area (Å²) in [6.45, 7) is 0. The van der Waals surface area contributed by atoms with Gasteiger partial charge in [0, 0.05) is 10.7 Å². The van der Waals surface area contributed by atoms with Crippen LogP contribution in [0.2, 0.25) is 0 Å². The topological polar surface area (TPSA) is 88.5 Å². The summed E-state index contributed by atoms with van der Waals surface area (Å²) in [5.74, 6) is -0.0872. The second kappa shape index (κ2) is 5.24. The Hall–Kier alpha value is -1.47. The number of nitrogens with two attached hydrogens (primary N) is 1. The molecule has 2 rings (SSSR count). The van der Waals surface area contributed by atoms with Gasteiger partial charge in [0.05, 0.1) is 12.4 Å². The number of hydrogen-bond acceptors (Lipinski definition) is 5. The second-order valence-corrected chi connectivity index (χ2v) is 5.03. The van der Waals surface area contributed by atoms with Crippen LogP contribution in [0.1, 0.15) is 5.69 Å². The number of nitrogens with one attached hydrogen (secondary N) is 1. The summed E-state index contributed by atoms with van der Waals surface area (Å²) in [5, 5.41) is 8.75. The molecule has 0 unspecified atom stereocenters. The fourth-order valence-electron chi connectivity index (χ4n) is 1.04. The summed E-state index contributed by atoms with van der Waals surface area (Å²) in [6.07, 6.45) is 4.77. The second-order valence-electron chi connectivity index (χ2n) is 3.07. The molecule has 0 bridgehead atoms. The highest BCUT2D eigenvalue weighted by atomic mass is 79.9. The van der Waals surface area contributed by atoms with Gasteiger partial charge >= 0.3 is 0 Å². The molecule has 0 amide bonds. The van der Waals surface area contributed by atoms with Crippen molar-refractivity contribution in [3.05, 3.63) is 40.9 Å². The highest BCUT2D eigenvalue weighted by Gasteiger charge is 2.03. The Kier molecular flexibility index (Phi) is 3.70. The first-order valence-electron chi connectivity index (χ1n) is 4.61. The smallest absolute Gasteiger partial charge is 0.143 e. The normalized spacial score (nSPS) is 10.2. The van der Waals surface area contributed by atoms with Crippen LogP contribution in [0.25, 0.3) is 0 Å². The van der Waals surface area contributed by atoms with Crippen molar-refractivity contribution in [2.75, 3.05) is 0 Å². The Morgan fingerprint density at radius 3 is 2.41 bits per heavy atom. The molecule has 86 valence electrons. The first-order chi connectivity index (χ1) is 8.15. The Morgan fingerprint density at radius 2 is 1.88 bits per heavy atom. The van der Waals surface area contributed by atoms with Crippen molar-refractivity contribution in [1.82, 2.24) is 15.0 Å². The average Bonchev–Trinajstić information content (AvgIpc) is 2.33. The lowest BCUT2D eigenvalue weighted by Gasteiger charge is -2.01. The van der Waals surface area contributed by atoms with Gasteiger partial charge in [0.2, 0.25) is 0 Å². The number of nitrogen functional groups attached to an aromatic ring is 1. The van der Waals surface area contributed by atoms with Crippen LogP contribution in [-0.2, 0) is 0 Å². The van der Waals surface area contributed by atoms with E-state index in [9.17, 15) is 0 Å². The molecule has 0 spiro atoms. The molecule has 0 aliphatic rings. The zero-order valence-corrected chi connectivity index (χ0v) is 11.0. The third kappa shape index (κ3) is 3.24. The summed E-state index contributed by atoms with van der Waals surface area (Å²) >= 11 is 4.72. The minimum absolute atomic E-state index is 0.0872. The van der Waals surface area contributed by atoms with Crippen molar-refractivity contribution in [2.45, 2.75) is 10.1 Å². The Balaban J connectivity index is 2.13. The van der Waals surface area contributed by atoms with Crippen LogP contribution in [-0.4, -0.2) is 20.8 Å². The average molecular weight is 310 g/mol. The SMILES string of the molecule is N=C(N)c1cnc(Sc2ccc(Br)cn2)cn1. The number of rotatable bonds is 3. The molecule has 0 aliphatic carbocycles. The molecule has 7 heteroatoms. The summed E-state index contributed by atoms with van der Waals surface area (Å²) in [5.41, 5.74) is 5.66. The van der Waals surface area contributed by atoms with Gasteiger partial charge in [-0.25, -0.2) is 15.0 Å². The first-order valence-corrected chi connectivity index (χ1v) is 6.22. The minimum Gasteiger partial charge on any atom is -0.382 e. The molecule has 17 heavy (non-hydrogen) atoms. The van der Waals surface area contributed by atoms with Gasteiger partial charge < -0.3 is 5.73 Å². The van der Waals surface area contributed by atoms with Gasteiger partial charge in [-0.2, -0.15) is 0 Å². The lowest BCUT2D eigenvalue weighted by Crippen LogP contribution is -2.13. The van der Waals surface area contributed by atoms with Gasteiger partial charge in [-0.05, 0) is 39.8 Å². The van der Waals surface area contributed by atoms with Gasteiger partial charge in [0.1, 0.15) is 21.6 Å². The molecule has 2 heterocycles. The Bertz CT molecular complexity index is 525. The quantitative estimate of drug-likeness (QED) is 0.669. The highest BCUT2D eigenvalue weighted by Crippen LogP contribution is 2.24. The van der Waals surface area contributed by atoms with Crippen molar-refractivity contribution in [3.8, 4) is 0 Å². The predicted octanol–water partition coefficient (Wildman–Crippen LogP) is 2.07. The van der Waals surface area contributed by atoms with Crippen LogP contribution in [0.5, 0.6) is 0 Å². The maximum absolute atomic E-state index is 7.20. The summed E-state index contributed by atoms with van der Waals surface area (Å²) in [4.78, 5) is 12.4. The van der Waals surface area contributed by atoms with Crippen molar-refractivity contribution in [1.29, 1.82) is 5.41 Å². The zero-order chi connectivity index (χ0) is 12.3. The lowest BCUT2D eigenvalue weighted by molar-refractivity contribution is 1.03. The van der Waals surface area contributed by atoms with Gasteiger partial charge in [-0.3, -0.25) is 5.41 Å². The zero-order valence-electron chi connectivity index (χ0n) is 8.59. The molecule has 0 fully saturated rings. The molecule has 5 nitrogen and oxygen atoms in total. The third-order valence-electron chi connectivity index (χ3n) is 1.81. The monoisotopic (exact) mass is 309 g/mol. The summed E-state index contributed by atoms with van der Waals surface area (Å²) < 4.78 is 0.930. The largest absolute Gasteiger partial charge is 0.382 e. The van der Waals surface area contributed by atoms with E-state index in [0.717, 1.165) is 9.50 Å². The van der Waals surface area contributed by atoms with Crippen LogP contribution >= 0.6 is 27.7 Å². The molecular weight excluding hydrogens is 302 g/mol. The van der Waals surface area contributed by atoms with Crippen molar-refractivity contribution < 1.29 is 0 Å². The molecule has 3 N–H and O–H groups in total. The van der Waals surface area contributed by atoms with Crippen molar-refractivity contribution in [2.24, 2.45) is 5.73 Å². The number of nitrogens with zero attached hydrogens (tertiary/aromatic N) is 3. The van der Waals surface area contributed by atoms with Crippen molar-refractivity contribution in [3.63, 3.8) is 0 Å². The minimum atomic E-state index is -0.0872. The van der Waals surface area contributed by atoms with Gasteiger partial charge in [-0.1, -0.05) is 0 Å². The fourth-order valence-corrected chi connectivity index (χ4v) is 1.94. The molecule has 2 aromatic heterocycles. The number of hydrogen-bond donors (Lipinski definition) is 2.